The summed E-state index contributed by atoms with van der Waals surface area (Å²) in [6.45, 7) is 16.4. The van der Waals surface area contributed by atoms with Gasteiger partial charge in [0.15, 0.2) is 0 Å². The molecule has 1 aliphatic heterocycles. The molecule has 0 bridgehead atoms. The number of aromatic nitrogens is 2. The number of hydrogen-bond donors (Lipinski definition) is 0. The first-order valence-corrected chi connectivity index (χ1v) is 16.8. The highest BCUT2D eigenvalue weighted by atomic mass is 32.1. The van der Waals surface area contributed by atoms with Crippen LogP contribution in [-0.2, 0) is 14.4 Å². The zero-order valence-electron chi connectivity index (χ0n) is 26.3. The number of nitrogens with zero attached hydrogens (tertiary/aromatic N) is 4. The van der Waals surface area contributed by atoms with Crippen LogP contribution in [0.1, 0.15) is 117 Å². The maximum Gasteiger partial charge on any atom is 0.310 e. The van der Waals surface area contributed by atoms with Gasteiger partial charge in [0.2, 0.25) is 0 Å². The Morgan fingerprint density at radius 3 is 2.27 bits per heavy atom. The topological polar surface area (TPSA) is 70.5 Å². The Hall–Kier alpha value is -1.55. The molecule has 1 aromatic heterocycles. The van der Waals surface area contributed by atoms with Crippen molar-refractivity contribution < 1.29 is 28.2 Å². The van der Waals surface area contributed by atoms with Crippen molar-refractivity contribution in [1.29, 1.82) is 0 Å². The van der Waals surface area contributed by atoms with Gasteiger partial charge in [-0.15, -0.1) is 9.02 Å². The minimum absolute atomic E-state index is 0.134. The molecule has 0 spiro atoms. The number of hydrogen-bond acceptors (Lipinski definition) is 7. The highest BCUT2D eigenvalue weighted by Crippen LogP contribution is 2.31. The largest absolute Gasteiger partial charge is 0.475 e. The van der Waals surface area contributed by atoms with Gasteiger partial charge in [-0.25, -0.2) is 4.84 Å². The van der Waals surface area contributed by atoms with Crippen LogP contribution in [-0.4, -0.2) is 83.6 Å². The predicted molar refractivity (Wildman–Crippen MR) is 164 cm³/mol. The highest BCUT2D eigenvalue weighted by molar-refractivity contribution is 6.99. The summed E-state index contributed by atoms with van der Waals surface area (Å²) in [5.41, 5.74) is 1.84. The van der Waals surface area contributed by atoms with E-state index in [-0.39, 0.29) is 17.3 Å². The van der Waals surface area contributed by atoms with Crippen LogP contribution < -0.4 is 4.74 Å². The van der Waals surface area contributed by atoms with Crippen LogP contribution in [0.25, 0.3) is 5.57 Å². The van der Waals surface area contributed by atoms with Crippen molar-refractivity contribution in [2.45, 2.75) is 111 Å². The van der Waals surface area contributed by atoms with E-state index in [0.29, 0.717) is 25.5 Å². The first-order valence-electron chi connectivity index (χ1n) is 16.0. The van der Waals surface area contributed by atoms with Crippen LogP contribution in [0.2, 0.25) is 0 Å². The molecule has 0 fully saturated rings. The SMILES string of the molecule is CCCCCCOc1nsnc1C1=CCC[N+](COC(=O)CCCCCCCCC[N+](CC)(CC)CC)(OC)C1. The lowest BCUT2D eigenvalue weighted by molar-refractivity contribution is -1.11. The van der Waals surface area contributed by atoms with E-state index in [1.54, 1.807) is 7.11 Å². The number of hydroxylamine groups is 3. The maximum atomic E-state index is 12.5. The smallest absolute Gasteiger partial charge is 0.310 e. The first kappa shape index (κ1) is 34.7. The molecular formula is C31H58N4O4S+2. The van der Waals surface area contributed by atoms with Gasteiger partial charge in [-0.3, -0.25) is 4.79 Å². The Kier molecular flexibility index (Phi) is 16.9. The van der Waals surface area contributed by atoms with Gasteiger partial charge >= 0.3 is 5.97 Å². The first-order chi connectivity index (χ1) is 19.5. The van der Waals surface area contributed by atoms with E-state index >= 15 is 0 Å². The third-order valence-corrected chi connectivity index (χ3v) is 9.27. The monoisotopic (exact) mass is 582 g/mol. The molecule has 0 aliphatic carbocycles. The molecule has 0 amide bonds. The number of rotatable bonds is 23. The maximum absolute atomic E-state index is 12.5. The van der Waals surface area contributed by atoms with Crippen LogP contribution in [0.5, 0.6) is 5.88 Å². The Morgan fingerprint density at radius 1 is 0.925 bits per heavy atom. The summed E-state index contributed by atoms with van der Waals surface area (Å²) in [4.78, 5) is 18.4. The molecule has 1 unspecified atom stereocenters. The van der Waals surface area contributed by atoms with Crippen molar-refractivity contribution in [3.8, 4) is 5.88 Å². The van der Waals surface area contributed by atoms with E-state index < -0.39 is 0 Å². The van der Waals surface area contributed by atoms with Crippen molar-refractivity contribution in [3.63, 3.8) is 0 Å². The molecule has 9 heteroatoms. The van der Waals surface area contributed by atoms with Gasteiger partial charge in [0.1, 0.15) is 18.8 Å². The lowest BCUT2D eigenvalue weighted by Gasteiger charge is -2.35. The zero-order valence-corrected chi connectivity index (χ0v) is 27.1. The van der Waals surface area contributed by atoms with E-state index in [2.05, 4.69) is 42.5 Å². The standard InChI is InChI=1S/C31H58N4O4S/c1-6-10-11-19-25-38-31-30(32-40-33-31)28-21-20-24-35(26-28,37-5)27-39-29(36)22-17-15-13-12-14-16-18-23-34(7-2,8-3)9-4/h21H,6-20,22-27H2,1-5H3/q+2. The fraction of sp³-hybridized carbons (Fsp3) is 0.839. The predicted octanol–water partition coefficient (Wildman–Crippen LogP) is 7.16. The van der Waals surface area contributed by atoms with E-state index in [1.807, 2.05) is 0 Å². The van der Waals surface area contributed by atoms with E-state index in [9.17, 15) is 4.79 Å². The normalized spacial score (nSPS) is 17.6. The number of unbranched alkanes of at least 4 members (excludes halogenated alkanes) is 9. The average molecular weight is 583 g/mol. The van der Waals surface area contributed by atoms with Crippen molar-refractivity contribution >= 4 is 23.3 Å². The molecule has 0 N–H and O–H groups in total. The van der Waals surface area contributed by atoms with Gasteiger partial charge in [-0.2, -0.15) is 4.37 Å². The fourth-order valence-electron chi connectivity index (χ4n) is 5.59. The minimum atomic E-state index is -0.134. The Balaban J connectivity index is 1.65. The molecule has 0 aromatic carbocycles. The van der Waals surface area contributed by atoms with Crippen molar-refractivity contribution in [3.05, 3.63) is 11.8 Å². The van der Waals surface area contributed by atoms with Crippen LogP contribution in [0, 0.1) is 0 Å². The van der Waals surface area contributed by atoms with Gasteiger partial charge in [0.25, 0.3) is 12.6 Å². The summed E-state index contributed by atoms with van der Waals surface area (Å²) in [6, 6.07) is 0. The van der Waals surface area contributed by atoms with E-state index in [0.717, 1.165) is 43.5 Å². The molecule has 1 atom stereocenters. The third-order valence-electron chi connectivity index (χ3n) is 8.76. The van der Waals surface area contributed by atoms with Crippen molar-refractivity contribution in [2.24, 2.45) is 0 Å². The van der Waals surface area contributed by atoms with Gasteiger partial charge in [-0.1, -0.05) is 57.9 Å². The second kappa shape index (κ2) is 19.5. The second-order valence-corrected chi connectivity index (χ2v) is 11.9. The number of esters is 1. The summed E-state index contributed by atoms with van der Waals surface area (Å²) in [7, 11) is 1.69. The summed E-state index contributed by atoms with van der Waals surface area (Å²) in [6.07, 6.45) is 16.5. The van der Waals surface area contributed by atoms with Gasteiger partial charge in [0, 0.05) is 18.4 Å². The molecule has 40 heavy (non-hydrogen) atoms. The fourth-order valence-corrected chi connectivity index (χ4v) is 6.13. The van der Waals surface area contributed by atoms with Crippen LogP contribution in [0.15, 0.2) is 6.08 Å². The number of quaternary nitrogens is 2. The van der Waals surface area contributed by atoms with Crippen LogP contribution in [0.4, 0.5) is 0 Å². The lowest BCUT2D eigenvalue weighted by atomic mass is 10.1. The van der Waals surface area contributed by atoms with E-state index in [4.69, 9.17) is 14.3 Å². The molecular weight excluding hydrogens is 524 g/mol. The van der Waals surface area contributed by atoms with Crippen LogP contribution >= 0.6 is 11.7 Å². The van der Waals surface area contributed by atoms with Gasteiger partial charge in [-0.05, 0) is 46.5 Å². The third kappa shape index (κ3) is 11.7. The molecule has 8 nitrogen and oxygen atoms in total. The van der Waals surface area contributed by atoms with Gasteiger partial charge in [0.05, 0.1) is 51.6 Å². The quantitative estimate of drug-likeness (QED) is 0.0775. The summed E-state index contributed by atoms with van der Waals surface area (Å²) >= 11 is 1.18. The Labute approximate surface area is 248 Å². The summed E-state index contributed by atoms with van der Waals surface area (Å²) < 4.78 is 22.1. The number of carbonyl (C=O) groups excluding carboxylic acids is 1. The number of carbonyl (C=O) groups is 1. The molecule has 0 saturated heterocycles. The summed E-state index contributed by atoms with van der Waals surface area (Å²) in [5, 5.41) is 0. The molecule has 230 valence electrons. The Bertz CT molecular complexity index is 850. The average Bonchev–Trinajstić information content (AvgIpc) is 3.46. The van der Waals surface area contributed by atoms with Gasteiger partial charge < -0.3 is 14.0 Å². The Morgan fingerprint density at radius 2 is 1.60 bits per heavy atom. The molecule has 2 rings (SSSR count). The molecule has 1 aromatic rings. The summed E-state index contributed by atoms with van der Waals surface area (Å²) in [5.74, 6) is 0.473. The van der Waals surface area contributed by atoms with Crippen molar-refractivity contribution in [1.82, 2.24) is 8.75 Å². The minimum Gasteiger partial charge on any atom is -0.475 e. The lowest BCUT2D eigenvalue weighted by Crippen LogP contribution is -2.52. The highest BCUT2D eigenvalue weighted by Gasteiger charge is 2.36. The second-order valence-electron chi connectivity index (χ2n) is 11.4. The van der Waals surface area contributed by atoms with Crippen LogP contribution in [0.3, 0.4) is 0 Å². The molecule has 1 aliphatic rings. The molecule has 2 heterocycles. The molecule has 0 radical (unpaired) electrons. The zero-order chi connectivity index (χ0) is 29.1. The molecule has 0 saturated carbocycles. The van der Waals surface area contributed by atoms with E-state index in [1.165, 1.54) is 93.8 Å². The van der Waals surface area contributed by atoms with Crippen molar-refractivity contribution in [2.75, 3.05) is 59.7 Å². The number of ether oxygens (including phenoxy) is 2.